The van der Waals surface area contributed by atoms with Crippen LogP contribution < -0.4 is 5.73 Å². The molecule has 1 saturated carbocycles. The fourth-order valence-corrected chi connectivity index (χ4v) is 4.25. The van der Waals surface area contributed by atoms with Crippen LogP contribution in [0.25, 0.3) is 17.3 Å². The Balaban J connectivity index is 0.00000180. The second-order valence-electron chi connectivity index (χ2n) is 7.07. The van der Waals surface area contributed by atoms with Crippen LogP contribution in [0.1, 0.15) is 42.8 Å². The van der Waals surface area contributed by atoms with E-state index in [1.807, 2.05) is 16.8 Å². The van der Waals surface area contributed by atoms with Gasteiger partial charge in [0.25, 0.3) is 5.89 Å². The Morgan fingerprint density at radius 2 is 1.96 bits per heavy atom. The molecular formula is C18H18Cl3N5O. The summed E-state index contributed by atoms with van der Waals surface area (Å²) in [4.78, 5) is 4.56. The molecule has 1 fully saturated rings. The highest BCUT2D eigenvalue weighted by atomic mass is 35.5. The number of aromatic nitrogens is 4. The number of fused-ring (bicyclic) bond motifs is 1. The van der Waals surface area contributed by atoms with Gasteiger partial charge >= 0.3 is 0 Å². The minimum absolute atomic E-state index is 0. The maximum absolute atomic E-state index is 6.40. The summed E-state index contributed by atoms with van der Waals surface area (Å²) >= 11 is 12.4. The number of rotatable bonds is 3. The van der Waals surface area contributed by atoms with Gasteiger partial charge in [-0.2, -0.15) is 10.1 Å². The molecule has 2 aliphatic rings. The minimum atomic E-state index is -0.451. The molecule has 0 unspecified atom stereocenters. The molecule has 9 heteroatoms. The van der Waals surface area contributed by atoms with Crippen molar-refractivity contribution >= 4 is 35.6 Å². The standard InChI is InChI=1S/C18H17Cl2N5O.ClH/c19-10-5-6-14(12(20)9-10)25-13-4-1-3-11(13)15(23-25)16-22-17(24-26-16)18(21)7-2-8-18;/h5-6,9H,1-4,7-8,21H2;1H. The van der Waals surface area contributed by atoms with Crippen LogP contribution in [0.3, 0.4) is 0 Å². The van der Waals surface area contributed by atoms with Gasteiger partial charge in [0.1, 0.15) is 0 Å². The Morgan fingerprint density at radius 3 is 2.67 bits per heavy atom. The molecule has 27 heavy (non-hydrogen) atoms. The molecule has 2 aromatic heterocycles. The van der Waals surface area contributed by atoms with Gasteiger partial charge in [-0.1, -0.05) is 28.4 Å². The van der Waals surface area contributed by atoms with Crippen molar-refractivity contribution in [3.05, 3.63) is 45.3 Å². The van der Waals surface area contributed by atoms with Crippen molar-refractivity contribution in [2.75, 3.05) is 0 Å². The monoisotopic (exact) mass is 425 g/mol. The summed E-state index contributed by atoms with van der Waals surface area (Å²) in [7, 11) is 0. The van der Waals surface area contributed by atoms with Gasteiger partial charge in [0.2, 0.25) is 0 Å². The minimum Gasteiger partial charge on any atom is -0.332 e. The van der Waals surface area contributed by atoms with Crippen LogP contribution >= 0.6 is 35.6 Å². The fourth-order valence-electron chi connectivity index (χ4n) is 3.76. The molecule has 142 valence electrons. The molecule has 0 radical (unpaired) electrons. The first kappa shape index (κ1) is 18.7. The van der Waals surface area contributed by atoms with Crippen molar-refractivity contribution in [2.45, 2.75) is 44.1 Å². The molecule has 2 N–H and O–H groups in total. The molecule has 2 aliphatic carbocycles. The number of benzene rings is 1. The Labute approximate surface area is 172 Å². The highest BCUT2D eigenvalue weighted by Crippen LogP contribution is 2.39. The van der Waals surface area contributed by atoms with Gasteiger partial charge in [-0.15, -0.1) is 12.4 Å². The van der Waals surface area contributed by atoms with E-state index in [-0.39, 0.29) is 12.4 Å². The van der Waals surface area contributed by atoms with Gasteiger partial charge in [-0.05, 0) is 56.7 Å². The van der Waals surface area contributed by atoms with Gasteiger partial charge in [0.15, 0.2) is 11.5 Å². The van der Waals surface area contributed by atoms with Crippen molar-refractivity contribution in [3.8, 4) is 17.3 Å². The van der Waals surface area contributed by atoms with Gasteiger partial charge in [-0.3, -0.25) is 0 Å². The van der Waals surface area contributed by atoms with Crippen LogP contribution in [0.5, 0.6) is 0 Å². The maximum atomic E-state index is 6.40. The molecule has 0 bridgehead atoms. The molecule has 0 amide bonds. The number of hydrogen-bond donors (Lipinski definition) is 1. The summed E-state index contributed by atoms with van der Waals surface area (Å²) in [6.45, 7) is 0. The molecule has 0 spiro atoms. The highest BCUT2D eigenvalue weighted by Gasteiger charge is 2.39. The molecule has 6 nitrogen and oxygen atoms in total. The fraction of sp³-hybridized carbons (Fsp3) is 0.389. The number of nitrogens with zero attached hydrogens (tertiary/aromatic N) is 4. The van der Waals surface area contributed by atoms with Crippen LogP contribution in [-0.4, -0.2) is 19.9 Å². The zero-order chi connectivity index (χ0) is 17.9. The van der Waals surface area contributed by atoms with E-state index in [0.717, 1.165) is 61.2 Å². The molecule has 5 rings (SSSR count). The van der Waals surface area contributed by atoms with Crippen LogP contribution in [0.15, 0.2) is 22.7 Å². The summed E-state index contributed by atoms with van der Waals surface area (Å²) in [5.74, 6) is 1.00. The summed E-state index contributed by atoms with van der Waals surface area (Å²) in [5.41, 5.74) is 9.67. The quantitative estimate of drug-likeness (QED) is 0.668. The van der Waals surface area contributed by atoms with E-state index in [1.54, 1.807) is 6.07 Å². The van der Waals surface area contributed by atoms with Gasteiger partial charge in [0, 0.05) is 16.3 Å². The summed E-state index contributed by atoms with van der Waals surface area (Å²) in [6.07, 6.45) is 5.80. The van der Waals surface area contributed by atoms with Gasteiger partial charge in [-0.25, -0.2) is 4.68 Å². The molecule has 0 atom stereocenters. The predicted octanol–water partition coefficient (Wildman–Crippen LogP) is 4.48. The van der Waals surface area contributed by atoms with E-state index in [2.05, 4.69) is 10.1 Å². The molecule has 0 aliphatic heterocycles. The third kappa shape index (κ3) is 2.95. The molecule has 1 aromatic carbocycles. The van der Waals surface area contributed by atoms with E-state index in [9.17, 15) is 0 Å². The van der Waals surface area contributed by atoms with Crippen LogP contribution in [-0.2, 0) is 18.4 Å². The van der Waals surface area contributed by atoms with E-state index in [0.29, 0.717) is 21.8 Å². The largest absolute Gasteiger partial charge is 0.332 e. The first-order valence-corrected chi connectivity index (χ1v) is 9.50. The average Bonchev–Trinajstić information content (AvgIpc) is 3.29. The smallest absolute Gasteiger partial charge is 0.278 e. The van der Waals surface area contributed by atoms with E-state index in [4.69, 9.17) is 38.6 Å². The average molecular weight is 427 g/mol. The van der Waals surface area contributed by atoms with Crippen LogP contribution in [0.4, 0.5) is 0 Å². The summed E-state index contributed by atoms with van der Waals surface area (Å²) in [5, 5.41) is 10.0. The van der Waals surface area contributed by atoms with Crippen molar-refractivity contribution in [1.29, 1.82) is 0 Å². The Morgan fingerprint density at radius 1 is 1.15 bits per heavy atom. The number of hydrogen-bond acceptors (Lipinski definition) is 5. The van der Waals surface area contributed by atoms with Gasteiger partial charge < -0.3 is 10.3 Å². The third-order valence-electron chi connectivity index (χ3n) is 5.39. The lowest BCUT2D eigenvalue weighted by Gasteiger charge is -2.34. The van der Waals surface area contributed by atoms with Crippen molar-refractivity contribution < 1.29 is 4.52 Å². The van der Waals surface area contributed by atoms with Crippen molar-refractivity contribution in [2.24, 2.45) is 5.73 Å². The zero-order valence-corrected chi connectivity index (χ0v) is 16.7. The first-order valence-electron chi connectivity index (χ1n) is 8.75. The summed E-state index contributed by atoms with van der Waals surface area (Å²) in [6, 6.07) is 5.41. The van der Waals surface area contributed by atoms with Crippen LogP contribution in [0.2, 0.25) is 10.0 Å². The van der Waals surface area contributed by atoms with Gasteiger partial charge in [0.05, 0.1) is 16.2 Å². The zero-order valence-electron chi connectivity index (χ0n) is 14.4. The van der Waals surface area contributed by atoms with E-state index >= 15 is 0 Å². The Kier molecular flexibility index (Phi) is 4.71. The van der Waals surface area contributed by atoms with Crippen molar-refractivity contribution in [3.63, 3.8) is 0 Å². The number of halogens is 3. The van der Waals surface area contributed by atoms with E-state index < -0.39 is 5.54 Å². The van der Waals surface area contributed by atoms with Crippen LogP contribution in [0, 0.1) is 0 Å². The lowest BCUT2D eigenvalue weighted by atomic mass is 9.77. The lowest BCUT2D eigenvalue weighted by Crippen LogP contribution is -2.44. The Bertz CT molecular complexity index is 1010. The molecular weight excluding hydrogens is 409 g/mol. The lowest BCUT2D eigenvalue weighted by molar-refractivity contribution is 0.229. The predicted molar refractivity (Wildman–Crippen MR) is 106 cm³/mol. The topological polar surface area (TPSA) is 82.8 Å². The SMILES string of the molecule is Cl.NC1(c2noc(-c3nn(-c4ccc(Cl)cc4Cl)c4c3CCC4)n2)CCC1. The van der Waals surface area contributed by atoms with Crippen molar-refractivity contribution in [1.82, 2.24) is 19.9 Å². The second kappa shape index (κ2) is 6.78. The molecule has 3 aromatic rings. The third-order valence-corrected chi connectivity index (χ3v) is 5.93. The molecule has 2 heterocycles. The van der Waals surface area contributed by atoms with E-state index in [1.165, 1.54) is 0 Å². The second-order valence-corrected chi connectivity index (χ2v) is 7.91. The summed E-state index contributed by atoms with van der Waals surface area (Å²) < 4.78 is 7.40. The Hall–Kier alpha value is -1.60. The first-order chi connectivity index (χ1) is 12.5. The highest BCUT2D eigenvalue weighted by molar-refractivity contribution is 6.35. The molecule has 0 saturated heterocycles. The number of nitrogens with two attached hydrogens (primary N) is 1. The normalized spacial score (nSPS) is 17.3. The maximum Gasteiger partial charge on any atom is 0.278 e.